The molecule has 0 heterocycles. The molecule has 0 aliphatic heterocycles. The molecule has 1 unspecified atom stereocenters. The second-order valence-electron chi connectivity index (χ2n) is 13.8. The van der Waals surface area contributed by atoms with Gasteiger partial charge in [-0.2, -0.15) is 0 Å². The number of rotatable bonds is 30. The van der Waals surface area contributed by atoms with Gasteiger partial charge in [0.15, 0.2) is 0 Å². The van der Waals surface area contributed by atoms with Crippen molar-refractivity contribution in [2.75, 3.05) is 0 Å². The monoisotopic (exact) mass is 622 g/mol. The fourth-order valence-electron chi connectivity index (χ4n) is 6.24. The Balaban J connectivity index is 2.41. The Kier molecular flexibility index (Phi) is 23.3. The topological polar surface area (TPSA) is 68.3 Å². The van der Waals surface area contributed by atoms with Gasteiger partial charge in [-0.3, -0.25) is 14.4 Å². The van der Waals surface area contributed by atoms with Crippen molar-refractivity contribution in [1.29, 1.82) is 0 Å². The molecule has 0 amide bonds. The zero-order valence-corrected chi connectivity index (χ0v) is 29.5. The molecule has 0 aliphatic rings. The van der Waals surface area contributed by atoms with E-state index in [1.807, 2.05) is 19.1 Å². The molecule has 0 fully saturated rings. The van der Waals surface area contributed by atoms with Crippen molar-refractivity contribution in [3.8, 4) is 0 Å². The van der Waals surface area contributed by atoms with E-state index in [0.29, 0.717) is 38.5 Å². The van der Waals surface area contributed by atoms with E-state index in [-0.39, 0.29) is 41.5 Å². The fourth-order valence-corrected chi connectivity index (χ4v) is 6.24. The number of Topliss-reactive ketones (excluding diaryl/α,β-unsaturated/α-hetero) is 3. The first-order valence-corrected chi connectivity index (χ1v) is 18.4. The third-order valence-corrected chi connectivity index (χ3v) is 9.20. The standard InChI is InChI=1S/C41H66O4/c1-6-8-9-10-11-12-13-14-15-16-17-18-19-21-39(43)31-37(20-7-2)40(44)27-24-34(4)28-38(41(45)29-35(5)32-42)30-36-25-22-33(3)23-26-36/h22-23,25-26,32,35,37-38H,4,6-21,24,27-31H2,1-3,5H3/t35?,37-,38+/m1/s1. The van der Waals surface area contributed by atoms with Crippen molar-refractivity contribution in [2.45, 2.75) is 169 Å². The zero-order chi connectivity index (χ0) is 33.3. The van der Waals surface area contributed by atoms with Crippen molar-refractivity contribution in [2.24, 2.45) is 17.8 Å². The Bertz CT molecular complexity index is 976. The summed E-state index contributed by atoms with van der Waals surface area (Å²) in [5.74, 6) is -0.337. The molecule has 4 heteroatoms. The number of ketones is 3. The number of benzene rings is 1. The van der Waals surface area contributed by atoms with Crippen LogP contribution >= 0.6 is 0 Å². The molecule has 0 aliphatic carbocycles. The van der Waals surface area contributed by atoms with Crippen molar-refractivity contribution < 1.29 is 19.2 Å². The number of aryl methyl sites for hydroxylation is 1. The predicted octanol–water partition coefficient (Wildman–Crippen LogP) is 11.1. The highest BCUT2D eigenvalue weighted by Crippen LogP contribution is 2.25. The van der Waals surface area contributed by atoms with Gasteiger partial charge in [-0.1, -0.05) is 146 Å². The summed E-state index contributed by atoms with van der Waals surface area (Å²) >= 11 is 0. The Labute approximate surface area is 276 Å². The highest BCUT2D eigenvalue weighted by molar-refractivity contribution is 5.88. The zero-order valence-electron chi connectivity index (χ0n) is 29.5. The Hall–Kier alpha value is -2.36. The predicted molar refractivity (Wildman–Crippen MR) is 190 cm³/mol. The molecule has 0 bridgehead atoms. The van der Waals surface area contributed by atoms with E-state index < -0.39 is 0 Å². The molecule has 1 aromatic carbocycles. The van der Waals surface area contributed by atoms with Crippen LogP contribution < -0.4 is 0 Å². The molecule has 254 valence electrons. The quantitative estimate of drug-likeness (QED) is 0.0486. The van der Waals surface area contributed by atoms with E-state index in [9.17, 15) is 19.2 Å². The Morgan fingerprint density at radius 3 is 1.76 bits per heavy atom. The van der Waals surface area contributed by atoms with Gasteiger partial charge in [0, 0.05) is 43.4 Å². The first-order chi connectivity index (χ1) is 21.7. The van der Waals surface area contributed by atoms with Gasteiger partial charge in [0.25, 0.3) is 0 Å². The van der Waals surface area contributed by atoms with E-state index in [4.69, 9.17) is 0 Å². The van der Waals surface area contributed by atoms with Crippen LogP contribution in [0.25, 0.3) is 0 Å². The molecule has 0 N–H and O–H groups in total. The Morgan fingerprint density at radius 2 is 1.22 bits per heavy atom. The van der Waals surface area contributed by atoms with Gasteiger partial charge in [-0.15, -0.1) is 0 Å². The minimum absolute atomic E-state index is 0.0743. The minimum Gasteiger partial charge on any atom is -0.303 e. The van der Waals surface area contributed by atoms with Gasteiger partial charge in [0.1, 0.15) is 23.6 Å². The normalized spacial score (nSPS) is 13.2. The average molecular weight is 623 g/mol. The molecule has 45 heavy (non-hydrogen) atoms. The van der Waals surface area contributed by atoms with E-state index in [1.165, 1.54) is 76.2 Å². The third kappa shape index (κ3) is 20.4. The molecular weight excluding hydrogens is 556 g/mol. The van der Waals surface area contributed by atoms with Crippen LogP contribution in [-0.2, 0) is 25.6 Å². The van der Waals surface area contributed by atoms with Crippen molar-refractivity contribution >= 4 is 23.6 Å². The number of allylic oxidation sites excluding steroid dienone is 1. The van der Waals surface area contributed by atoms with Gasteiger partial charge < -0.3 is 4.79 Å². The summed E-state index contributed by atoms with van der Waals surface area (Å²) in [6, 6.07) is 8.20. The smallest absolute Gasteiger partial charge is 0.137 e. The summed E-state index contributed by atoms with van der Waals surface area (Å²) in [6.07, 6.45) is 22.4. The maximum absolute atomic E-state index is 13.2. The van der Waals surface area contributed by atoms with E-state index in [2.05, 4.69) is 32.6 Å². The summed E-state index contributed by atoms with van der Waals surface area (Å²) in [5, 5.41) is 0. The summed E-state index contributed by atoms with van der Waals surface area (Å²) in [7, 11) is 0. The highest BCUT2D eigenvalue weighted by atomic mass is 16.1. The highest BCUT2D eigenvalue weighted by Gasteiger charge is 2.24. The van der Waals surface area contributed by atoms with Crippen molar-refractivity contribution in [3.63, 3.8) is 0 Å². The minimum atomic E-state index is -0.306. The van der Waals surface area contributed by atoms with Crippen LogP contribution in [0.3, 0.4) is 0 Å². The Morgan fingerprint density at radius 1 is 0.667 bits per heavy atom. The maximum atomic E-state index is 13.2. The lowest BCUT2D eigenvalue weighted by Gasteiger charge is -2.19. The molecule has 1 aromatic rings. The lowest BCUT2D eigenvalue weighted by Crippen LogP contribution is -2.21. The second kappa shape index (κ2) is 25.8. The van der Waals surface area contributed by atoms with Crippen LogP contribution in [0.5, 0.6) is 0 Å². The fraction of sp³-hybridized carbons (Fsp3) is 0.707. The van der Waals surface area contributed by atoms with Gasteiger partial charge in [0.2, 0.25) is 0 Å². The summed E-state index contributed by atoms with van der Waals surface area (Å²) in [4.78, 5) is 50.3. The number of hydrogen-bond donors (Lipinski definition) is 0. The summed E-state index contributed by atoms with van der Waals surface area (Å²) in [5.41, 5.74) is 3.15. The first kappa shape index (κ1) is 40.7. The molecule has 1 rings (SSSR count). The number of carbonyl (C=O) groups is 4. The van der Waals surface area contributed by atoms with E-state index in [0.717, 1.165) is 43.1 Å². The molecule has 0 aromatic heterocycles. The van der Waals surface area contributed by atoms with E-state index in [1.54, 1.807) is 6.92 Å². The van der Waals surface area contributed by atoms with Gasteiger partial charge in [0.05, 0.1) is 0 Å². The van der Waals surface area contributed by atoms with Crippen LogP contribution in [0, 0.1) is 24.7 Å². The largest absolute Gasteiger partial charge is 0.303 e. The molecule has 3 atom stereocenters. The average Bonchev–Trinajstić information content (AvgIpc) is 3.02. The number of carbonyl (C=O) groups excluding carboxylic acids is 4. The van der Waals surface area contributed by atoms with Crippen LogP contribution in [0.4, 0.5) is 0 Å². The van der Waals surface area contributed by atoms with Crippen molar-refractivity contribution in [1.82, 2.24) is 0 Å². The van der Waals surface area contributed by atoms with Gasteiger partial charge in [-0.05, 0) is 44.6 Å². The van der Waals surface area contributed by atoms with Crippen LogP contribution in [0.2, 0.25) is 0 Å². The lowest BCUT2D eigenvalue weighted by molar-refractivity contribution is -0.128. The van der Waals surface area contributed by atoms with Crippen LogP contribution in [-0.4, -0.2) is 23.6 Å². The number of hydrogen-bond acceptors (Lipinski definition) is 4. The molecule has 0 saturated heterocycles. The molecular formula is C41H66O4. The van der Waals surface area contributed by atoms with Crippen LogP contribution in [0.15, 0.2) is 36.4 Å². The maximum Gasteiger partial charge on any atom is 0.137 e. The molecule has 0 radical (unpaired) electrons. The summed E-state index contributed by atoms with van der Waals surface area (Å²) in [6.45, 7) is 12.4. The summed E-state index contributed by atoms with van der Waals surface area (Å²) < 4.78 is 0. The SMILES string of the molecule is C=C(CCC(=O)[C@H](CCC)CC(=O)CCCCCCCCCCCCCCC)C[C@@H](Cc1ccc(C)cc1)C(=O)CC(C)C=O. The van der Waals surface area contributed by atoms with Crippen LogP contribution in [0.1, 0.15) is 167 Å². The van der Waals surface area contributed by atoms with Gasteiger partial charge >= 0.3 is 0 Å². The van der Waals surface area contributed by atoms with Gasteiger partial charge in [-0.25, -0.2) is 0 Å². The van der Waals surface area contributed by atoms with Crippen molar-refractivity contribution in [3.05, 3.63) is 47.5 Å². The number of aldehydes is 1. The lowest BCUT2D eigenvalue weighted by atomic mass is 9.84. The second-order valence-corrected chi connectivity index (χ2v) is 13.8. The van der Waals surface area contributed by atoms with E-state index >= 15 is 0 Å². The molecule has 0 saturated carbocycles. The third-order valence-electron chi connectivity index (χ3n) is 9.20. The molecule has 4 nitrogen and oxygen atoms in total. The molecule has 0 spiro atoms. The number of unbranched alkanes of at least 4 members (excludes halogenated alkanes) is 12. The first-order valence-electron chi connectivity index (χ1n) is 18.4.